The molecule has 0 spiro atoms. The summed E-state index contributed by atoms with van der Waals surface area (Å²) in [4.78, 5) is 0.324. The van der Waals surface area contributed by atoms with Crippen molar-refractivity contribution in [1.29, 1.82) is 0 Å². The van der Waals surface area contributed by atoms with E-state index in [4.69, 9.17) is 4.74 Å². The van der Waals surface area contributed by atoms with Crippen molar-refractivity contribution in [3.63, 3.8) is 0 Å². The molecule has 0 atom stereocenters. The zero-order valence-electron chi connectivity index (χ0n) is 9.85. The van der Waals surface area contributed by atoms with E-state index >= 15 is 0 Å². The molecule has 0 aromatic heterocycles. The minimum absolute atomic E-state index is 0.324. The highest BCUT2D eigenvalue weighted by atomic mass is 32.2. The van der Waals surface area contributed by atoms with Crippen molar-refractivity contribution >= 4 is 10.0 Å². The molecule has 0 aliphatic heterocycles. The fourth-order valence-electron chi connectivity index (χ4n) is 1.38. The molecule has 94 valence electrons. The highest BCUT2D eigenvalue weighted by Gasteiger charge is 2.14. The van der Waals surface area contributed by atoms with E-state index in [0.29, 0.717) is 24.5 Å². The molecule has 0 fully saturated rings. The monoisotopic (exact) mass is 255 g/mol. The average Bonchev–Trinajstić information content (AvgIpc) is 2.29. The fraction of sp³-hybridized carbons (Fsp3) is 0.333. The maximum Gasteiger partial charge on any atom is 0.240 e. The summed E-state index contributed by atoms with van der Waals surface area (Å²) in [5, 5.41) is 0. The van der Waals surface area contributed by atoms with Crippen LogP contribution in [0, 0.1) is 6.92 Å². The second-order valence-corrected chi connectivity index (χ2v) is 5.29. The van der Waals surface area contributed by atoms with Crippen LogP contribution >= 0.6 is 0 Å². The maximum absolute atomic E-state index is 11.9. The summed E-state index contributed by atoms with van der Waals surface area (Å²) >= 11 is 0. The van der Waals surface area contributed by atoms with Crippen molar-refractivity contribution in [3.05, 3.63) is 42.7 Å². The molecule has 1 rings (SSSR count). The molecule has 0 heterocycles. The molecule has 5 heteroatoms. The minimum Gasteiger partial charge on any atom is -0.502 e. The fourth-order valence-corrected chi connectivity index (χ4v) is 2.70. The van der Waals surface area contributed by atoms with Crippen molar-refractivity contribution in [3.8, 4) is 0 Å². The Labute approximate surface area is 102 Å². The molecule has 1 N–H and O–H groups in total. The topological polar surface area (TPSA) is 55.4 Å². The van der Waals surface area contributed by atoms with Gasteiger partial charge in [-0.1, -0.05) is 24.8 Å². The van der Waals surface area contributed by atoms with Gasteiger partial charge in [0.15, 0.2) is 0 Å². The highest BCUT2D eigenvalue weighted by Crippen LogP contribution is 2.13. The largest absolute Gasteiger partial charge is 0.502 e. The molecule has 0 amide bonds. The summed E-state index contributed by atoms with van der Waals surface area (Å²) in [6.45, 7) is 5.99. The third kappa shape index (κ3) is 4.20. The lowest BCUT2D eigenvalue weighted by molar-refractivity contribution is 0.247. The molecule has 0 aliphatic carbocycles. The number of rotatable bonds is 7. The van der Waals surface area contributed by atoms with E-state index in [1.807, 2.05) is 6.07 Å². The van der Waals surface area contributed by atoms with E-state index in [1.54, 1.807) is 25.1 Å². The van der Waals surface area contributed by atoms with Crippen LogP contribution in [-0.2, 0) is 14.8 Å². The van der Waals surface area contributed by atoms with E-state index in [-0.39, 0.29) is 0 Å². The zero-order valence-corrected chi connectivity index (χ0v) is 10.7. The van der Waals surface area contributed by atoms with Crippen molar-refractivity contribution in [2.75, 3.05) is 13.2 Å². The SMILES string of the molecule is C=COCCCNS(=O)(=O)c1ccccc1C. The van der Waals surface area contributed by atoms with Gasteiger partial charge in [0, 0.05) is 6.54 Å². The number of nitrogens with one attached hydrogen (secondary N) is 1. The van der Waals surface area contributed by atoms with Gasteiger partial charge in [-0.2, -0.15) is 0 Å². The van der Waals surface area contributed by atoms with Crippen molar-refractivity contribution in [1.82, 2.24) is 4.72 Å². The van der Waals surface area contributed by atoms with Gasteiger partial charge in [-0.05, 0) is 25.0 Å². The first-order chi connectivity index (χ1) is 8.08. The maximum atomic E-state index is 11.9. The van der Waals surface area contributed by atoms with Gasteiger partial charge in [0.05, 0.1) is 17.8 Å². The van der Waals surface area contributed by atoms with Gasteiger partial charge < -0.3 is 4.74 Å². The molecule has 4 nitrogen and oxygen atoms in total. The van der Waals surface area contributed by atoms with Crippen molar-refractivity contribution in [2.24, 2.45) is 0 Å². The quantitative estimate of drug-likeness (QED) is 0.597. The Morgan fingerprint density at radius 2 is 2.12 bits per heavy atom. The second-order valence-electron chi connectivity index (χ2n) is 3.55. The van der Waals surface area contributed by atoms with Crippen molar-refractivity contribution < 1.29 is 13.2 Å². The number of benzene rings is 1. The van der Waals surface area contributed by atoms with E-state index in [9.17, 15) is 8.42 Å². The first-order valence-electron chi connectivity index (χ1n) is 5.36. The summed E-state index contributed by atoms with van der Waals surface area (Å²) in [6, 6.07) is 6.89. The third-order valence-electron chi connectivity index (χ3n) is 2.23. The summed E-state index contributed by atoms with van der Waals surface area (Å²) in [5.41, 5.74) is 0.738. The molecule has 17 heavy (non-hydrogen) atoms. The summed E-state index contributed by atoms with van der Waals surface area (Å²) < 4.78 is 31.3. The van der Waals surface area contributed by atoms with Gasteiger partial charge in [0.2, 0.25) is 10.0 Å². The van der Waals surface area contributed by atoms with Crippen LogP contribution in [0.1, 0.15) is 12.0 Å². The van der Waals surface area contributed by atoms with Crippen LogP contribution in [0.4, 0.5) is 0 Å². The number of ether oxygens (including phenoxy) is 1. The molecule has 0 radical (unpaired) electrons. The van der Waals surface area contributed by atoms with E-state index in [2.05, 4.69) is 11.3 Å². The number of hydrogen-bond acceptors (Lipinski definition) is 3. The molecule has 0 saturated carbocycles. The Kier molecular flexibility index (Phi) is 5.18. The van der Waals surface area contributed by atoms with Gasteiger partial charge in [0.1, 0.15) is 0 Å². The van der Waals surface area contributed by atoms with E-state index < -0.39 is 10.0 Å². The number of aryl methyl sites for hydroxylation is 1. The highest BCUT2D eigenvalue weighted by molar-refractivity contribution is 7.89. The van der Waals surface area contributed by atoms with Gasteiger partial charge >= 0.3 is 0 Å². The van der Waals surface area contributed by atoms with E-state index in [1.165, 1.54) is 6.26 Å². The van der Waals surface area contributed by atoms with Gasteiger partial charge in [0.25, 0.3) is 0 Å². The Bertz CT molecular complexity index is 468. The van der Waals surface area contributed by atoms with Crippen LogP contribution in [-0.4, -0.2) is 21.6 Å². The smallest absolute Gasteiger partial charge is 0.240 e. The first kappa shape index (κ1) is 13.7. The van der Waals surface area contributed by atoms with Crippen LogP contribution < -0.4 is 4.72 Å². The van der Waals surface area contributed by atoms with Crippen LogP contribution in [0.5, 0.6) is 0 Å². The molecule has 1 aromatic rings. The third-order valence-corrected chi connectivity index (χ3v) is 3.85. The van der Waals surface area contributed by atoms with Gasteiger partial charge in [-0.25, -0.2) is 13.1 Å². The Hall–Kier alpha value is -1.33. The van der Waals surface area contributed by atoms with Crippen LogP contribution in [0.2, 0.25) is 0 Å². The lowest BCUT2D eigenvalue weighted by Gasteiger charge is -2.08. The van der Waals surface area contributed by atoms with E-state index in [0.717, 1.165) is 5.56 Å². The predicted molar refractivity (Wildman–Crippen MR) is 67.1 cm³/mol. The summed E-state index contributed by atoms with van der Waals surface area (Å²) in [6.07, 6.45) is 1.95. The molecular weight excluding hydrogens is 238 g/mol. The standard InChI is InChI=1S/C12H17NO3S/c1-3-16-10-6-9-13-17(14,15)12-8-5-4-7-11(12)2/h3-5,7-8,13H,1,6,9-10H2,2H3. The molecule has 0 unspecified atom stereocenters. The van der Waals surface area contributed by atoms with Gasteiger partial charge in [-0.15, -0.1) is 0 Å². The lowest BCUT2D eigenvalue weighted by Crippen LogP contribution is -2.26. The molecule has 0 aliphatic rings. The first-order valence-corrected chi connectivity index (χ1v) is 6.84. The van der Waals surface area contributed by atoms with Crippen LogP contribution in [0.3, 0.4) is 0 Å². The Balaban J connectivity index is 2.58. The second kappa shape index (κ2) is 6.42. The van der Waals surface area contributed by atoms with Gasteiger partial charge in [-0.3, -0.25) is 0 Å². The van der Waals surface area contributed by atoms with Crippen LogP contribution in [0.25, 0.3) is 0 Å². The minimum atomic E-state index is -3.41. The summed E-state index contributed by atoms with van der Waals surface area (Å²) in [7, 11) is -3.41. The summed E-state index contributed by atoms with van der Waals surface area (Å²) in [5.74, 6) is 0. The predicted octanol–water partition coefficient (Wildman–Crippen LogP) is 1.82. The number of sulfonamides is 1. The zero-order chi connectivity index (χ0) is 12.7. The van der Waals surface area contributed by atoms with Crippen LogP contribution in [0.15, 0.2) is 42.0 Å². The Morgan fingerprint density at radius 3 is 2.76 bits per heavy atom. The average molecular weight is 255 g/mol. The van der Waals surface area contributed by atoms with Crippen molar-refractivity contribution in [2.45, 2.75) is 18.2 Å². The number of hydrogen-bond donors (Lipinski definition) is 1. The molecule has 0 saturated heterocycles. The lowest BCUT2D eigenvalue weighted by atomic mass is 10.2. The Morgan fingerprint density at radius 1 is 1.41 bits per heavy atom. The normalized spacial score (nSPS) is 11.1. The molecular formula is C12H17NO3S. The molecule has 0 bridgehead atoms. The molecule has 1 aromatic carbocycles.